The molecule has 0 aliphatic heterocycles. The summed E-state index contributed by atoms with van der Waals surface area (Å²) in [5.41, 5.74) is 0.864. The molecule has 0 bridgehead atoms. The normalized spacial score (nSPS) is 13.1. The lowest BCUT2D eigenvalue weighted by molar-refractivity contribution is -0.146. The molecule has 0 heterocycles. The Balaban J connectivity index is 1.78. The van der Waals surface area contributed by atoms with Crippen molar-refractivity contribution in [3.05, 3.63) is 66.0 Å². The summed E-state index contributed by atoms with van der Waals surface area (Å²) in [7, 11) is -2.70. The van der Waals surface area contributed by atoms with Crippen LogP contribution in [0.1, 0.15) is 12.5 Å². The van der Waals surface area contributed by atoms with Crippen LogP contribution in [-0.4, -0.2) is 12.0 Å². The third-order valence-electron chi connectivity index (χ3n) is 2.94. The Morgan fingerprint density at radius 2 is 1.83 bits per heavy atom. The van der Waals surface area contributed by atoms with Crippen molar-refractivity contribution < 1.29 is 23.0 Å². The molecule has 1 unspecified atom stereocenters. The fourth-order valence-electron chi connectivity index (χ4n) is 1.73. The van der Waals surface area contributed by atoms with Gasteiger partial charge in [0.25, 0.3) is 0 Å². The number of rotatable bonds is 7. The lowest BCUT2D eigenvalue weighted by atomic mass is 10.2. The van der Waals surface area contributed by atoms with E-state index in [1.165, 1.54) is 31.2 Å². The summed E-state index contributed by atoms with van der Waals surface area (Å²) in [6.07, 6.45) is 0. The fourth-order valence-corrected chi connectivity index (χ4v) is 2.61. The molecule has 0 aliphatic rings. The number of hydrogen-bond donors (Lipinski definition) is 1. The van der Waals surface area contributed by atoms with Gasteiger partial charge in [-0.2, -0.15) is 0 Å². The molecule has 1 N–H and O–H groups in total. The molecule has 5 nitrogen and oxygen atoms in total. The molecule has 23 heavy (non-hydrogen) atoms. The van der Waals surface area contributed by atoms with Crippen molar-refractivity contribution in [3.8, 4) is 5.75 Å². The van der Waals surface area contributed by atoms with Gasteiger partial charge in [-0.25, -0.2) is 9.48 Å². The van der Waals surface area contributed by atoms with Gasteiger partial charge in [0, 0.05) is 0 Å². The summed E-state index contributed by atoms with van der Waals surface area (Å²) >= 11 is 0. The zero-order valence-electron chi connectivity index (χ0n) is 12.5. The summed E-state index contributed by atoms with van der Waals surface area (Å²) in [5, 5.41) is 2.53. The molecule has 0 saturated heterocycles. The lowest BCUT2D eigenvalue weighted by Gasteiger charge is -2.14. The minimum absolute atomic E-state index is 0.144. The highest BCUT2D eigenvalue weighted by Crippen LogP contribution is 2.24. The predicted molar refractivity (Wildman–Crippen MR) is 84.9 cm³/mol. The monoisotopic (exact) mass is 337 g/mol. The number of ether oxygens (including phenoxy) is 1. The quantitative estimate of drug-likeness (QED) is 0.620. The minimum atomic E-state index is -2.70. The van der Waals surface area contributed by atoms with Crippen molar-refractivity contribution in [1.29, 1.82) is 0 Å². The van der Waals surface area contributed by atoms with Crippen molar-refractivity contribution in [1.82, 2.24) is 5.09 Å². The van der Waals surface area contributed by atoms with E-state index in [2.05, 4.69) is 5.09 Å². The van der Waals surface area contributed by atoms with Crippen molar-refractivity contribution in [2.24, 2.45) is 0 Å². The van der Waals surface area contributed by atoms with E-state index in [9.17, 15) is 13.8 Å². The second-order valence-corrected chi connectivity index (χ2v) is 5.87. The number of carbonyl (C=O) groups excluding carboxylic acids is 1. The van der Waals surface area contributed by atoms with Crippen molar-refractivity contribution in [3.63, 3.8) is 0 Å². The first-order valence-corrected chi connectivity index (χ1v) is 8.31. The minimum Gasteiger partial charge on any atom is -0.460 e. The molecule has 2 rings (SSSR count). The second-order valence-electron chi connectivity index (χ2n) is 4.80. The van der Waals surface area contributed by atoms with Gasteiger partial charge in [-0.1, -0.05) is 30.3 Å². The zero-order chi connectivity index (χ0) is 16.7. The van der Waals surface area contributed by atoms with Crippen LogP contribution in [0.3, 0.4) is 0 Å². The van der Waals surface area contributed by atoms with Crippen LogP contribution in [-0.2, 0) is 20.7 Å². The topological polar surface area (TPSA) is 64.6 Å². The third kappa shape index (κ3) is 5.85. The molecule has 2 atom stereocenters. The SMILES string of the molecule is C[C@H](N[PH](=O)Oc1ccc(F)cc1)C(=O)OCc1ccccc1. The first kappa shape index (κ1) is 17.2. The van der Waals surface area contributed by atoms with E-state index in [0.29, 0.717) is 0 Å². The highest BCUT2D eigenvalue weighted by atomic mass is 31.1. The highest BCUT2D eigenvalue weighted by Gasteiger charge is 2.17. The van der Waals surface area contributed by atoms with E-state index in [1.807, 2.05) is 30.3 Å². The van der Waals surface area contributed by atoms with Gasteiger partial charge < -0.3 is 9.26 Å². The highest BCUT2D eigenvalue weighted by molar-refractivity contribution is 7.37. The molecule has 0 aromatic heterocycles. The van der Waals surface area contributed by atoms with E-state index in [-0.39, 0.29) is 12.4 Å². The molecule has 122 valence electrons. The van der Waals surface area contributed by atoms with Crippen LogP contribution in [0.5, 0.6) is 5.75 Å². The maximum atomic E-state index is 12.8. The van der Waals surface area contributed by atoms with Crippen LogP contribution in [0.15, 0.2) is 54.6 Å². The van der Waals surface area contributed by atoms with Gasteiger partial charge in [0.1, 0.15) is 24.2 Å². The standard InChI is InChI=1S/C16H17FNO4P/c1-12(16(19)21-11-13-5-3-2-4-6-13)18-23(20)22-15-9-7-14(17)8-10-15/h2-10,12,23H,11H2,1H3,(H,18,20)/t12-/m0/s1. The Morgan fingerprint density at radius 3 is 2.48 bits per heavy atom. The predicted octanol–water partition coefficient (Wildman–Crippen LogP) is 3.32. The van der Waals surface area contributed by atoms with E-state index in [0.717, 1.165) is 5.56 Å². The largest absolute Gasteiger partial charge is 0.460 e. The fraction of sp³-hybridized carbons (Fsp3) is 0.188. The first-order valence-electron chi connectivity index (χ1n) is 6.99. The number of halogens is 1. The maximum absolute atomic E-state index is 12.8. The second kappa shape index (κ2) is 8.46. The summed E-state index contributed by atoms with van der Waals surface area (Å²) in [5.74, 6) is -0.689. The number of nitrogens with one attached hydrogen (secondary N) is 1. The van der Waals surface area contributed by atoms with E-state index in [4.69, 9.17) is 9.26 Å². The molecule has 0 spiro atoms. The van der Waals surface area contributed by atoms with Gasteiger partial charge in [0.05, 0.1) is 0 Å². The smallest absolute Gasteiger partial charge is 0.323 e. The zero-order valence-corrected chi connectivity index (χ0v) is 13.5. The Bertz CT molecular complexity index is 664. The molecule has 0 amide bonds. The number of benzene rings is 2. The lowest BCUT2D eigenvalue weighted by Crippen LogP contribution is -2.31. The number of hydrogen-bond acceptors (Lipinski definition) is 4. The molecular formula is C16H17FNO4P. The Hall–Kier alpha value is -2.17. The van der Waals surface area contributed by atoms with E-state index >= 15 is 0 Å². The van der Waals surface area contributed by atoms with Crippen LogP contribution in [0.2, 0.25) is 0 Å². The number of carbonyl (C=O) groups is 1. The van der Waals surface area contributed by atoms with Crippen molar-refractivity contribution >= 4 is 14.1 Å². The Labute approximate surface area is 134 Å². The molecular weight excluding hydrogens is 320 g/mol. The average Bonchev–Trinajstić information content (AvgIpc) is 2.55. The molecule has 7 heteroatoms. The van der Waals surface area contributed by atoms with Gasteiger partial charge in [0.15, 0.2) is 0 Å². The maximum Gasteiger partial charge on any atom is 0.323 e. The Morgan fingerprint density at radius 1 is 1.17 bits per heavy atom. The van der Waals surface area contributed by atoms with Gasteiger partial charge >= 0.3 is 14.1 Å². The summed E-state index contributed by atoms with van der Waals surface area (Å²) in [6, 6.07) is 13.6. The van der Waals surface area contributed by atoms with Crippen LogP contribution in [0.25, 0.3) is 0 Å². The number of esters is 1. The van der Waals surface area contributed by atoms with Crippen LogP contribution >= 0.6 is 8.18 Å². The third-order valence-corrected chi connectivity index (χ3v) is 4.03. The summed E-state index contributed by atoms with van der Waals surface area (Å²) in [4.78, 5) is 11.8. The Kier molecular flexibility index (Phi) is 6.32. The molecule has 0 aliphatic carbocycles. The molecule has 2 aromatic carbocycles. The van der Waals surface area contributed by atoms with Crippen LogP contribution in [0.4, 0.5) is 4.39 Å². The molecule has 2 aromatic rings. The molecule has 0 fully saturated rings. The van der Waals surface area contributed by atoms with Gasteiger partial charge in [-0.15, -0.1) is 0 Å². The van der Waals surface area contributed by atoms with Crippen molar-refractivity contribution in [2.75, 3.05) is 0 Å². The first-order chi connectivity index (χ1) is 11.0. The van der Waals surface area contributed by atoms with Crippen molar-refractivity contribution in [2.45, 2.75) is 19.6 Å². The summed E-state index contributed by atoms with van der Waals surface area (Å²) < 4.78 is 34.8. The van der Waals surface area contributed by atoms with Crippen LogP contribution in [0, 0.1) is 5.82 Å². The van der Waals surface area contributed by atoms with Gasteiger partial charge in [-0.05, 0) is 36.8 Å². The molecule has 0 radical (unpaired) electrons. The summed E-state index contributed by atoms with van der Waals surface area (Å²) in [6.45, 7) is 1.68. The molecule has 0 saturated carbocycles. The van der Waals surface area contributed by atoms with Crippen LogP contribution < -0.4 is 9.61 Å². The van der Waals surface area contributed by atoms with E-state index in [1.54, 1.807) is 0 Å². The van der Waals surface area contributed by atoms with Gasteiger partial charge in [-0.3, -0.25) is 9.36 Å². The van der Waals surface area contributed by atoms with E-state index < -0.39 is 26.0 Å². The average molecular weight is 337 g/mol. The van der Waals surface area contributed by atoms with Gasteiger partial charge in [0.2, 0.25) is 0 Å².